The molecule has 0 fully saturated rings. The number of nitrogen functional groups attached to an aromatic ring is 1. The van der Waals surface area contributed by atoms with Crippen molar-refractivity contribution in [3.63, 3.8) is 0 Å². The SMILES string of the molecule is Nc1cc(-n2cccc2)cc(C(F)(F)F)c1. The fraction of sp³-hybridized carbons (Fsp3) is 0.0909. The highest BCUT2D eigenvalue weighted by Gasteiger charge is 2.31. The van der Waals surface area contributed by atoms with Gasteiger partial charge < -0.3 is 10.3 Å². The number of nitrogens with two attached hydrogens (primary N) is 1. The zero-order valence-electron chi connectivity index (χ0n) is 8.20. The second-order valence-electron chi connectivity index (χ2n) is 3.40. The van der Waals surface area contributed by atoms with Crippen molar-refractivity contribution >= 4 is 5.69 Å². The Balaban J connectivity index is 2.53. The molecule has 0 aliphatic rings. The van der Waals surface area contributed by atoms with Crippen LogP contribution in [0.15, 0.2) is 42.7 Å². The van der Waals surface area contributed by atoms with E-state index in [0.717, 1.165) is 12.1 Å². The molecule has 2 rings (SSSR count). The van der Waals surface area contributed by atoms with Crippen LogP contribution in [-0.2, 0) is 6.18 Å². The molecule has 0 saturated carbocycles. The minimum absolute atomic E-state index is 0.0959. The van der Waals surface area contributed by atoms with Gasteiger partial charge in [0.25, 0.3) is 0 Å². The topological polar surface area (TPSA) is 30.9 Å². The van der Waals surface area contributed by atoms with Crippen molar-refractivity contribution in [1.29, 1.82) is 0 Å². The molecule has 2 nitrogen and oxygen atoms in total. The van der Waals surface area contributed by atoms with Crippen LogP contribution in [0.1, 0.15) is 5.56 Å². The second-order valence-corrected chi connectivity index (χ2v) is 3.40. The molecule has 1 heterocycles. The van der Waals surface area contributed by atoms with Gasteiger partial charge in [-0.3, -0.25) is 0 Å². The molecule has 0 spiro atoms. The molecule has 0 unspecified atom stereocenters. The van der Waals surface area contributed by atoms with Crippen LogP contribution in [-0.4, -0.2) is 4.57 Å². The van der Waals surface area contributed by atoms with Crippen LogP contribution in [0.25, 0.3) is 5.69 Å². The van der Waals surface area contributed by atoms with E-state index in [-0.39, 0.29) is 5.69 Å². The van der Waals surface area contributed by atoms with E-state index in [1.807, 2.05) is 0 Å². The van der Waals surface area contributed by atoms with Crippen molar-refractivity contribution in [3.05, 3.63) is 48.3 Å². The van der Waals surface area contributed by atoms with Crippen LogP contribution in [0.2, 0.25) is 0 Å². The standard InChI is InChI=1S/C11H9F3N2/c12-11(13,14)8-5-9(15)7-10(6-8)16-3-1-2-4-16/h1-7H,15H2. The van der Waals surface area contributed by atoms with Gasteiger partial charge >= 0.3 is 6.18 Å². The molecule has 0 amide bonds. The minimum atomic E-state index is -4.38. The zero-order chi connectivity index (χ0) is 11.8. The Bertz CT molecular complexity index is 486. The summed E-state index contributed by atoms with van der Waals surface area (Å²) >= 11 is 0. The zero-order valence-corrected chi connectivity index (χ0v) is 8.20. The van der Waals surface area contributed by atoms with Crippen LogP contribution >= 0.6 is 0 Å². The predicted molar refractivity (Wildman–Crippen MR) is 55.2 cm³/mol. The molecule has 0 aliphatic carbocycles. The molecule has 84 valence electrons. The third-order valence-electron chi connectivity index (χ3n) is 2.17. The van der Waals surface area contributed by atoms with E-state index in [0.29, 0.717) is 5.69 Å². The van der Waals surface area contributed by atoms with Gasteiger partial charge in [0.15, 0.2) is 0 Å². The van der Waals surface area contributed by atoms with Crippen molar-refractivity contribution in [3.8, 4) is 5.69 Å². The van der Waals surface area contributed by atoms with Crippen molar-refractivity contribution in [2.24, 2.45) is 0 Å². The fourth-order valence-corrected chi connectivity index (χ4v) is 1.45. The lowest BCUT2D eigenvalue weighted by Crippen LogP contribution is -2.07. The maximum absolute atomic E-state index is 12.5. The van der Waals surface area contributed by atoms with Crippen LogP contribution < -0.4 is 5.73 Å². The van der Waals surface area contributed by atoms with Gasteiger partial charge in [-0.2, -0.15) is 13.2 Å². The summed E-state index contributed by atoms with van der Waals surface area (Å²) in [4.78, 5) is 0. The monoisotopic (exact) mass is 226 g/mol. The number of hydrogen-bond acceptors (Lipinski definition) is 1. The molecule has 1 aromatic heterocycles. The second kappa shape index (κ2) is 3.59. The fourth-order valence-electron chi connectivity index (χ4n) is 1.45. The Morgan fingerprint density at radius 3 is 2.19 bits per heavy atom. The van der Waals surface area contributed by atoms with E-state index in [1.54, 1.807) is 29.1 Å². The minimum Gasteiger partial charge on any atom is -0.399 e. The number of rotatable bonds is 1. The first-order valence-corrected chi connectivity index (χ1v) is 4.58. The highest BCUT2D eigenvalue weighted by molar-refractivity contribution is 5.51. The lowest BCUT2D eigenvalue weighted by molar-refractivity contribution is -0.137. The first-order chi connectivity index (χ1) is 7.47. The number of anilines is 1. The highest BCUT2D eigenvalue weighted by Crippen LogP contribution is 2.32. The summed E-state index contributed by atoms with van der Waals surface area (Å²) in [6, 6.07) is 6.95. The van der Waals surface area contributed by atoms with Gasteiger partial charge in [0, 0.05) is 23.8 Å². The van der Waals surface area contributed by atoms with Crippen molar-refractivity contribution in [2.75, 3.05) is 5.73 Å². The van der Waals surface area contributed by atoms with Gasteiger partial charge in [0.05, 0.1) is 5.56 Å². The Morgan fingerprint density at radius 1 is 1.00 bits per heavy atom. The van der Waals surface area contributed by atoms with E-state index in [4.69, 9.17) is 5.73 Å². The van der Waals surface area contributed by atoms with Crippen LogP contribution in [0.4, 0.5) is 18.9 Å². The van der Waals surface area contributed by atoms with Crippen molar-refractivity contribution in [2.45, 2.75) is 6.18 Å². The molecule has 1 aromatic carbocycles. The molecule has 2 N–H and O–H groups in total. The molecule has 5 heteroatoms. The largest absolute Gasteiger partial charge is 0.416 e. The van der Waals surface area contributed by atoms with Crippen molar-refractivity contribution in [1.82, 2.24) is 4.57 Å². The molecule has 0 aliphatic heterocycles. The number of alkyl halides is 3. The molecule has 2 aromatic rings. The molecule has 16 heavy (non-hydrogen) atoms. The maximum atomic E-state index is 12.5. The molecular weight excluding hydrogens is 217 g/mol. The summed E-state index contributed by atoms with van der Waals surface area (Å²) < 4.78 is 39.1. The quantitative estimate of drug-likeness (QED) is 0.744. The molecule has 0 saturated heterocycles. The Labute approximate surface area is 90.1 Å². The van der Waals surface area contributed by atoms with Gasteiger partial charge in [-0.1, -0.05) is 0 Å². The van der Waals surface area contributed by atoms with Crippen molar-refractivity contribution < 1.29 is 13.2 Å². The summed E-state index contributed by atoms with van der Waals surface area (Å²) in [5.41, 5.74) is 5.21. The van der Waals surface area contributed by atoms with E-state index in [2.05, 4.69) is 0 Å². The van der Waals surface area contributed by atoms with E-state index in [9.17, 15) is 13.2 Å². The third kappa shape index (κ3) is 2.03. The summed E-state index contributed by atoms with van der Waals surface area (Å²) in [5, 5.41) is 0. The molecule has 0 bridgehead atoms. The normalized spacial score (nSPS) is 11.7. The highest BCUT2D eigenvalue weighted by atomic mass is 19.4. The van der Waals surface area contributed by atoms with Gasteiger partial charge in [-0.15, -0.1) is 0 Å². The van der Waals surface area contributed by atoms with Gasteiger partial charge in [0.1, 0.15) is 0 Å². The van der Waals surface area contributed by atoms with E-state index >= 15 is 0 Å². The van der Waals surface area contributed by atoms with Gasteiger partial charge in [-0.25, -0.2) is 0 Å². The number of halogens is 3. The number of benzene rings is 1. The van der Waals surface area contributed by atoms with Gasteiger partial charge in [-0.05, 0) is 30.3 Å². The molecule has 0 atom stereocenters. The summed E-state index contributed by atoms with van der Waals surface area (Å²) in [6.45, 7) is 0. The number of hydrogen-bond donors (Lipinski definition) is 1. The van der Waals surface area contributed by atoms with E-state index < -0.39 is 11.7 Å². The van der Waals surface area contributed by atoms with Crippen LogP contribution in [0.5, 0.6) is 0 Å². The first-order valence-electron chi connectivity index (χ1n) is 4.58. The molecular formula is C11H9F3N2. The maximum Gasteiger partial charge on any atom is 0.416 e. The lowest BCUT2D eigenvalue weighted by atomic mass is 10.1. The summed E-state index contributed by atoms with van der Waals surface area (Å²) in [7, 11) is 0. The Morgan fingerprint density at radius 2 is 1.62 bits per heavy atom. The predicted octanol–water partition coefficient (Wildman–Crippen LogP) is 3.08. The Hall–Kier alpha value is -1.91. The molecule has 0 radical (unpaired) electrons. The smallest absolute Gasteiger partial charge is 0.399 e. The summed E-state index contributed by atoms with van der Waals surface area (Å²) in [6.07, 6.45) is -1.05. The Kier molecular flexibility index (Phi) is 2.38. The lowest BCUT2D eigenvalue weighted by Gasteiger charge is -2.11. The van der Waals surface area contributed by atoms with E-state index in [1.165, 1.54) is 6.07 Å². The third-order valence-corrected chi connectivity index (χ3v) is 2.17. The summed E-state index contributed by atoms with van der Waals surface area (Å²) in [5.74, 6) is 0. The first kappa shape index (κ1) is 10.6. The number of aromatic nitrogens is 1. The van der Waals surface area contributed by atoms with Crippen LogP contribution in [0, 0.1) is 0 Å². The average molecular weight is 226 g/mol. The average Bonchev–Trinajstić information content (AvgIpc) is 2.68. The van der Waals surface area contributed by atoms with Crippen LogP contribution in [0.3, 0.4) is 0 Å². The number of nitrogens with zero attached hydrogens (tertiary/aromatic N) is 1. The van der Waals surface area contributed by atoms with Gasteiger partial charge in [0.2, 0.25) is 0 Å².